The Morgan fingerprint density at radius 1 is 0.800 bits per heavy atom. The molecular formula is C23H24N2O4S. The molecular weight excluding hydrogens is 400 g/mol. The van der Waals surface area contributed by atoms with Gasteiger partial charge in [-0.3, -0.25) is 9.52 Å². The Morgan fingerprint density at radius 2 is 1.37 bits per heavy atom. The Bertz CT molecular complexity index is 1120. The van der Waals surface area contributed by atoms with Crippen LogP contribution in [0.4, 0.5) is 11.4 Å². The van der Waals surface area contributed by atoms with Gasteiger partial charge >= 0.3 is 0 Å². The molecule has 0 aliphatic rings. The molecule has 0 aromatic heterocycles. The summed E-state index contributed by atoms with van der Waals surface area (Å²) in [5.41, 5.74) is 4.13. The molecule has 0 bridgehead atoms. The molecule has 0 aliphatic carbocycles. The number of amides is 1. The van der Waals surface area contributed by atoms with Crippen molar-refractivity contribution in [2.24, 2.45) is 0 Å². The zero-order chi connectivity index (χ0) is 21.7. The minimum absolute atomic E-state index is 0.104. The lowest BCUT2D eigenvalue weighted by atomic mass is 10.1. The first-order valence-corrected chi connectivity index (χ1v) is 10.9. The van der Waals surface area contributed by atoms with E-state index in [1.807, 2.05) is 51.1 Å². The lowest BCUT2D eigenvalue weighted by molar-refractivity contribution is -0.118. The first-order chi connectivity index (χ1) is 14.2. The Balaban J connectivity index is 1.59. The fourth-order valence-corrected chi connectivity index (χ4v) is 3.97. The van der Waals surface area contributed by atoms with Crippen molar-refractivity contribution in [3.8, 4) is 5.75 Å². The number of hydrogen-bond acceptors (Lipinski definition) is 4. The zero-order valence-electron chi connectivity index (χ0n) is 17.1. The van der Waals surface area contributed by atoms with Gasteiger partial charge in [0.1, 0.15) is 5.75 Å². The lowest BCUT2D eigenvalue weighted by Gasteiger charge is -2.11. The molecule has 0 unspecified atom stereocenters. The van der Waals surface area contributed by atoms with Crippen LogP contribution in [0.1, 0.15) is 16.7 Å². The first kappa shape index (κ1) is 21.4. The van der Waals surface area contributed by atoms with Crippen LogP contribution in [0.5, 0.6) is 5.75 Å². The van der Waals surface area contributed by atoms with E-state index in [0.717, 1.165) is 16.7 Å². The van der Waals surface area contributed by atoms with Crippen LogP contribution in [0.2, 0.25) is 0 Å². The minimum Gasteiger partial charge on any atom is -0.484 e. The van der Waals surface area contributed by atoms with Crippen LogP contribution in [-0.4, -0.2) is 20.9 Å². The standard InChI is InChI=1S/C23H24N2O4S/c1-16-4-6-20(7-5-16)25-30(27,28)22-10-8-19(9-11-22)24-23(26)15-29-21-13-17(2)12-18(3)14-21/h4-14,25H,15H2,1-3H3,(H,24,26). The first-order valence-electron chi connectivity index (χ1n) is 9.42. The van der Waals surface area contributed by atoms with Gasteiger partial charge in [0, 0.05) is 11.4 Å². The number of aryl methyl sites for hydroxylation is 3. The highest BCUT2D eigenvalue weighted by Gasteiger charge is 2.14. The fourth-order valence-electron chi connectivity index (χ4n) is 2.92. The fraction of sp³-hybridized carbons (Fsp3) is 0.174. The van der Waals surface area contributed by atoms with Gasteiger partial charge in [-0.15, -0.1) is 0 Å². The van der Waals surface area contributed by atoms with Crippen molar-refractivity contribution in [3.63, 3.8) is 0 Å². The summed E-state index contributed by atoms with van der Waals surface area (Å²) in [5, 5.41) is 2.70. The SMILES string of the molecule is Cc1ccc(NS(=O)(=O)c2ccc(NC(=O)COc3cc(C)cc(C)c3)cc2)cc1. The van der Waals surface area contributed by atoms with Crippen LogP contribution in [0, 0.1) is 20.8 Å². The van der Waals surface area contributed by atoms with Gasteiger partial charge in [0.25, 0.3) is 15.9 Å². The van der Waals surface area contributed by atoms with E-state index in [4.69, 9.17) is 4.74 Å². The molecule has 0 atom stereocenters. The van der Waals surface area contributed by atoms with Gasteiger partial charge in [-0.05, 0) is 80.4 Å². The second-order valence-corrected chi connectivity index (χ2v) is 8.84. The van der Waals surface area contributed by atoms with E-state index in [0.29, 0.717) is 17.1 Å². The highest BCUT2D eigenvalue weighted by molar-refractivity contribution is 7.92. The molecule has 3 aromatic rings. The van der Waals surface area contributed by atoms with Crippen molar-refractivity contribution in [1.82, 2.24) is 0 Å². The van der Waals surface area contributed by atoms with Gasteiger partial charge in [-0.2, -0.15) is 0 Å². The number of sulfonamides is 1. The molecule has 30 heavy (non-hydrogen) atoms. The van der Waals surface area contributed by atoms with E-state index < -0.39 is 10.0 Å². The lowest BCUT2D eigenvalue weighted by Crippen LogP contribution is -2.20. The van der Waals surface area contributed by atoms with Crippen LogP contribution in [0.25, 0.3) is 0 Å². The summed E-state index contributed by atoms with van der Waals surface area (Å²) in [7, 11) is -3.71. The molecule has 0 heterocycles. The predicted molar refractivity (Wildman–Crippen MR) is 118 cm³/mol. The summed E-state index contributed by atoms with van der Waals surface area (Å²) in [6.45, 7) is 5.71. The number of ether oxygens (including phenoxy) is 1. The Morgan fingerprint density at radius 3 is 1.97 bits per heavy atom. The number of carbonyl (C=O) groups excluding carboxylic acids is 1. The van der Waals surface area contributed by atoms with Crippen molar-refractivity contribution in [2.75, 3.05) is 16.6 Å². The average molecular weight is 425 g/mol. The van der Waals surface area contributed by atoms with Crippen LogP contribution in [0.3, 0.4) is 0 Å². The van der Waals surface area contributed by atoms with Crippen molar-refractivity contribution >= 4 is 27.3 Å². The monoisotopic (exact) mass is 424 g/mol. The van der Waals surface area contributed by atoms with Crippen molar-refractivity contribution in [2.45, 2.75) is 25.7 Å². The number of rotatable bonds is 7. The molecule has 0 aliphatic heterocycles. The molecule has 7 heteroatoms. The Kier molecular flexibility index (Phi) is 6.42. The third kappa shape index (κ3) is 5.84. The third-order valence-electron chi connectivity index (χ3n) is 4.32. The van der Waals surface area contributed by atoms with E-state index in [1.54, 1.807) is 24.3 Å². The zero-order valence-corrected chi connectivity index (χ0v) is 17.9. The van der Waals surface area contributed by atoms with Crippen LogP contribution >= 0.6 is 0 Å². The number of benzene rings is 3. The van der Waals surface area contributed by atoms with Crippen LogP contribution in [-0.2, 0) is 14.8 Å². The second kappa shape index (κ2) is 9.00. The van der Waals surface area contributed by atoms with Gasteiger partial charge in [0.2, 0.25) is 0 Å². The van der Waals surface area contributed by atoms with Crippen LogP contribution in [0.15, 0.2) is 71.6 Å². The molecule has 0 radical (unpaired) electrons. The molecule has 3 aromatic carbocycles. The molecule has 156 valence electrons. The predicted octanol–water partition coefficient (Wildman–Crippen LogP) is 4.43. The maximum absolute atomic E-state index is 12.5. The average Bonchev–Trinajstić information content (AvgIpc) is 2.68. The van der Waals surface area contributed by atoms with E-state index in [9.17, 15) is 13.2 Å². The summed E-state index contributed by atoms with van der Waals surface area (Å²) in [5.74, 6) is 0.300. The van der Waals surface area contributed by atoms with E-state index >= 15 is 0 Å². The Hall–Kier alpha value is -3.32. The van der Waals surface area contributed by atoms with Gasteiger partial charge in [0.15, 0.2) is 6.61 Å². The van der Waals surface area contributed by atoms with Gasteiger partial charge in [-0.1, -0.05) is 23.8 Å². The summed E-state index contributed by atoms with van der Waals surface area (Å²) < 4.78 is 33.1. The topological polar surface area (TPSA) is 84.5 Å². The minimum atomic E-state index is -3.71. The molecule has 1 amide bonds. The van der Waals surface area contributed by atoms with Crippen molar-refractivity contribution < 1.29 is 17.9 Å². The largest absolute Gasteiger partial charge is 0.484 e. The quantitative estimate of drug-likeness (QED) is 0.588. The van der Waals surface area contributed by atoms with E-state index in [-0.39, 0.29) is 17.4 Å². The number of hydrogen-bond donors (Lipinski definition) is 2. The molecule has 0 saturated carbocycles. The summed E-state index contributed by atoms with van der Waals surface area (Å²) in [4.78, 5) is 12.2. The number of anilines is 2. The molecule has 6 nitrogen and oxygen atoms in total. The Labute approximate surface area is 177 Å². The maximum Gasteiger partial charge on any atom is 0.262 e. The normalized spacial score (nSPS) is 11.0. The molecule has 0 spiro atoms. The highest BCUT2D eigenvalue weighted by Crippen LogP contribution is 2.19. The van der Waals surface area contributed by atoms with Gasteiger partial charge in [-0.25, -0.2) is 8.42 Å². The highest BCUT2D eigenvalue weighted by atomic mass is 32.2. The number of carbonyl (C=O) groups is 1. The third-order valence-corrected chi connectivity index (χ3v) is 5.71. The van der Waals surface area contributed by atoms with Gasteiger partial charge in [0.05, 0.1) is 4.90 Å². The smallest absolute Gasteiger partial charge is 0.262 e. The molecule has 0 fully saturated rings. The summed E-state index contributed by atoms with van der Waals surface area (Å²) in [6.07, 6.45) is 0. The van der Waals surface area contributed by atoms with E-state index in [2.05, 4.69) is 10.0 Å². The number of nitrogens with one attached hydrogen (secondary N) is 2. The second-order valence-electron chi connectivity index (χ2n) is 7.16. The molecule has 3 rings (SSSR count). The van der Waals surface area contributed by atoms with Gasteiger partial charge < -0.3 is 10.1 Å². The summed E-state index contributed by atoms with van der Waals surface area (Å²) >= 11 is 0. The van der Waals surface area contributed by atoms with Crippen LogP contribution < -0.4 is 14.8 Å². The van der Waals surface area contributed by atoms with Crippen molar-refractivity contribution in [3.05, 3.63) is 83.4 Å². The summed E-state index contributed by atoms with van der Waals surface area (Å²) in [6, 6.07) is 18.8. The van der Waals surface area contributed by atoms with Crippen molar-refractivity contribution in [1.29, 1.82) is 0 Å². The molecule has 0 saturated heterocycles. The molecule has 2 N–H and O–H groups in total. The maximum atomic E-state index is 12.5. The van der Waals surface area contributed by atoms with E-state index in [1.165, 1.54) is 12.1 Å².